The second-order valence-electron chi connectivity index (χ2n) is 6.48. The third-order valence-corrected chi connectivity index (χ3v) is 6.08. The summed E-state index contributed by atoms with van der Waals surface area (Å²) in [5.41, 5.74) is 4.92. The Morgan fingerprint density at radius 1 is 1.24 bits per heavy atom. The highest BCUT2D eigenvalue weighted by atomic mass is 35.5. The molecule has 0 saturated carbocycles. The van der Waals surface area contributed by atoms with Crippen LogP contribution in [0.4, 0.5) is 5.69 Å². The summed E-state index contributed by atoms with van der Waals surface area (Å²) in [4.78, 5) is 13.2. The molecule has 0 fully saturated rings. The molecule has 0 bridgehead atoms. The first-order valence-corrected chi connectivity index (χ1v) is 10.5. The number of halogens is 1. The molecule has 0 radical (unpaired) electrons. The summed E-state index contributed by atoms with van der Waals surface area (Å²) in [6.45, 7) is 4.41. The van der Waals surface area contributed by atoms with Crippen molar-refractivity contribution in [2.24, 2.45) is 0 Å². The fourth-order valence-corrected chi connectivity index (χ4v) is 4.42. The van der Waals surface area contributed by atoms with Crippen LogP contribution in [0.15, 0.2) is 53.7 Å². The summed E-state index contributed by atoms with van der Waals surface area (Å²) in [7, 11) is 0. The Bertz CT molecular complexity index is 1020. The number of carbonyl (C=O) groups excluding carboxylic acids is 1. The van der Waals surface area contributed by atoms with E-state index in [-0.39, 0.29) is 11.9 Å². The fraction of sp³-hybridized carbons (Fsp3) is 0.250. The van der Waals surface area contributed by atoms with Gasteiger partial charge in [-0.2, -0.15) is 0 Å². The van der Waals surface area contributed by atoms with Crippen molar-refractivity contribution in [2.45, 2.75) is 30.3 Å². The Balaban J connectivity index is 1.65. The first-order chi connectivity index (χ1) is 14.1. The van der Waals surface area contributed by atoms with Gasteiger partial charge in [0.15, 0.2) is 0 Å². The molecule has 0 aliphatic carbocycles. The van der Waals surface area contributed by atoms with Crippen LogP contribution in [-0.2, 0) is 4.79 Å². The van der Waals surface area contributed by atoms with E-state index in [4.69, 9.17) is 16.3 Å². The van der Waals surface area contributed by atoms with Gasteiger partial charge in [-0.3, -0.25) is 4.79 Å². The smallest absolute Gasteiger partial charge is 0.240 e. The van der Waals surface area contributed by atoms with Gasteiger partial charge < -0.3 is 15.5 Å². The highest BCUT2D eigenvalue weighted by molar-refractivity contribution is 8.00. The predicted octanol–water partition coefficient (Wildman–Crippen LogP) is 4.04. The summed E-state index contributed by atoms with van der Waals surface area (Å²) in [5, 5.41) is 11.9. The third-order valence-electron chi connectivity index (χ3n) is 4.54. The van der Waals surface area contributed by atoms with Gasteiger partial charge in [0.2, 0.25) is 11.1 Å². The van der Waals surface area contributed by atoms with Crippen molar-refractivity contribution in [3.63, 3.8) is 0 Å². The van der Waals surface area contributed by atoms with Gasteiger partial charge in [0, 0.05) is 0 Å². The van der Waals surface area contributed by atoms with E-state index < -0.39 is 5.25 Å². The summed E-state index contributed by atoms with van der Waals surface area (Å²) in [6, 6.07) is 14.6. The zero-order chi connectivity index (χ0) is 20.4. The molecule has 4 rings (SSSR count). The van der Waals surface area contributed by atoms with E-state index in [0.29, 0.717) is 22.5 Å². The largest absolute Gasteiger partial charge is 0.494 e. The van der Waals surface area contributed by atoms with E-state index in [1.807, 2.05) is 54.9 Å². The van der Waals surface area contributed by atoms with Gasteiger partial charge in [-0.15, -0.1) is 10.2 Å². The zero-order valence-electron chi connectivity index (χ0n) is 15.9. The first-order valence-electron chi connectivity index (χ1n) is 9.20. The van der Waals surface area contributed by atoms with Crippen LogP contribution in [-0.4, -0.2) is 32.6 Å². The van der Waals surface area contributed by atoms with E-state index in [2.05, 4.69) is 20.9 Å². The minimum atomic E-state index is -0.472. The number of anilines is 1. The zero-order valence-corrected chi connectivity index (χ0v) is 17.5. The first kappa shape index (κ1) is 19.6. The highest BCUT2D eigenvalue weighted by Gasteiger charge is 2.37. The van der Waals surface area contributed by atoms with Crippen LogP contribution in [0.1, 0.15) is 24.4 Å². The average molecular weight is 430 g/mol. The number of aryl methyl sites for hydroxylation is 1. The molecule has 2 aromatic carbocycles. The molecular weight excluding hydrogens is 410 g/mol. The minimum Gasteiger partial charge on any atom is -0.494 e. The number of benzene rings is 2. The SMILES string of the molecule is CCOc1ccc(C2Nn3c(C)nnc3SC2C(=O)Nc2ccccc2Cl)cc1. The molecule has 1 aliphatic heterocycles. The number of nitrogens with zero attached hydrogens (tertiary/aromatic N) is 3. The number of ether oxygens (including phenoxy) is 1. The van der Waals surface area contributed by atoms with Crippen molar-refractivity contribution in [3.05, 3.63) is 64.9 Å². The molecule has 9 heteroatoms. The second kappa shape index (κ2) is 8.34. The third kappa shape index (κ3) is 4.04. The molecule has 29 heavy (non-hydrogen) atoms. The maximum Gasteiger partial charge on any atom is 0.240 e. The van der Waals surface area contributed by atoms with Crippen LogP contribution >= 0.6 is 23.4 Å². The van der Waals surface area contributed by atoms with E-state index in [1.165, 1.54) is 11.8 Å². The van der Waals surface area contributed by atoms with Crippen LogP contribution in [0.3, 0.4) is 0 Å². The van der Waals surface area contributed by atoms with Crippen LogP contribution in [0.5, 0.6) is 5.75 Å². The topological polar surface area (TPSA) is 81.1 Å². The highest BCUT2D eigenvalue weighted by Crippen LogP contribution is 2.38. The van der Waals surface area contributed by atoms with Gasteiger partial charge in [-0.05, 0) is 43.7 Å². The monoisotopic (exact) mass is 429 g/mol. The molecule has 1 aliphatic rings. The fourth-order valence-electron chi connectivity index (χ4n) is 3.12. The lowest BCUT2D eigenvalue weighted by Crippen LogP contribution is -2.41. The van der Waals surface area contributed by atoms with Crippen molar-refractivity contribution in [2.75, 3.05) is 17.3 Å². The Hall–Kier alpha value is -2.71. The molecule has 150 valence electrons. The lowest BCUT2D eigenvalue weighted by Gasteiger charge is -2.32. The van der Waals surface area contributed by atoms with Crippen molar-refractivity contribution in [1.82, 2.24) is 14.9 Å². The Labute approximate surface area is 177 Å². The molecule has 2 N–H and O–H groups in total. The maximum absolute atomic E-state index is 13.2. The van der Waals surface area contributed by atoms with Crippen molar-refractivity contribution >= 4 is 35.0 Å². The van der Waals surface area contributed by atoms with Crippen LogP contribution in [0.2, 0.25) is 5.02 Å². The number of rotatable bonds is 5. The van der Waals surface area contributed by atoms with Crippen LogP contribution in [0, 0.1) is 6.92 Å². The average Bonchev–Trinajstić information content (AvgIpc) is 3.10. The molecular formula is C20H20ClN5O2S. The minimum absolute atomic E-state index is 0.165. The molecule has 0 spiro atoms. The van der Waals surface area contributed by atoms with Gasteiger partial charge in [-0.1, -0.05) is 47.6 Å². The number of amides is 1. The van der Waals surface area contributed by atoms with Crippen molar-refractivity contribution in [3.8, 4) is 5.75 Å². The number of nitrogens with one attached hydrogen (secondary N) is 2. The van der Waals surface area contributed by atoms with Gasteiger partial charge >= 0.3 is 0 Å². The number of carbonyl (C=O) groups is 1. The molecule has 1 amide bonds. The van der Waals surface area contributed by atoms with Gasteiger partial charge in [0.05, 0.1) is 23.4 Å². The summed E-state index contributed by atoms with van der Waals surface area (Å²) < 4.78 is 7.34. The molecule has 0 saturated heterocycles. The lowest BCUT2D eigenvalue weighted by molar-refractivity contribution is -0.116. The summed E-state index contributed by atoms with van der Waals surface area (Å²) in [5.74, 6) is 1.35. The number of aromatic nitrogens is 3. The maximum atomic E-state index is 13.2. The standard InChI is InChI=1S/C20H20ClN5O2S/c1-3-28-14-10-8-13(9-11-14)17-18(29-20-24-23-12(2)26(20)25-17)19(27)22-16-7-5-4-6-15(16)21/h4-11,17-18,25H,3H2,1-2H3,(H,22,27). The van der Waals surface area contributed by atoms with Crippen molar-refractivity contribution < 1.29 is 9.53 Å². The molecule has 7 nitrogen and oxygen atoms in total. The molecule has 1 aromatic heterocycles. The Kier molecular flexibility index (Phi) is 5.64. The molecule has 2 unspecified atom stereocenters. The Morgan fingerprint density at radius 3 is 2.72 bits per heavy atom. The number of thioether (sulfide) groups is 1. The number of para-hydroxylation sites is 1. The second-order valence-corrected chi connectivity index (χ2v) is 8.00. The van der Waals surface area contributed by atoms with Crippen LogP contribution in [0.25, 0.3) is 0 Å². The van der Waals surface area contributed by atoms with Gasteiger partial charge in [-0.25, -0.2) is 4.68 Å². The van der Waals surface area contributed by atoms with E-state index >= 15 is 0 Å². The van der Waals surface area contributed by atoms with E-state index in [0.717, 1.165) is 17.1 Å². The normalized spacial score (nSPS) is 17.9. The van der Waals surface area contributed by atoms with Gasteiger partial charge in [0.1, 0.15) is 16.8 Å². The van der Waals surface area contributed by atoms with E-state index in [1.54, 1.807) is 12.1 Å². The Morgan fingerprint density at radius 2 is 2.00 bits per heavy atom. The van der Waals surface area contributed by atoms with Crippen LogP contribution < -0.4 is 15.5 Å². The summed E-state index contributed by atoms with van der Waals surface area (Å²) in [6.07, 6.45) is 0. The quantitative estimate of drug-likeness (QED) is 0.637. The summed E-state index contributed by atoms with van der Waals surface area (Å²) >= 11 is 7.58. The molecule has 3 aromatic rings. The number of hydrogen-bond donors (Lipinski definition) is 2. The van der Waals surface area contributed by atoms with Gasteiger partial charge in [0.25, 0.3) is 0 Å². The van der Waals surface area contributed by atoms with E-state index in [9.17, 15) is 4.79 Å². The lowest BCUT2D eigenvalue weighted by atomic mass is 10.0. The molecule has 2 atom stereocenters. The molecule has 2 heterocycles. The number of hydrogen-bond acceptors (Lipinski definition) is 6. The van der Waals surface area contributed by atoms with Crippen molar-refractivity contribution in [1.29, 1.82) is 0 Å². The number of fused-ring (bicyclic) bond motifs is 1. The predicted molar refractivity (Wildman–Crippen MR) is 114 cm³/mol.